The molecule has 0 unspecified atom stereocenters. The fraction of sp³-hybridized carbons (Fsp3) is 0. The summed E-state index contributed by atoms with van der Waals surface area (Å²) < 4.78 is 15.6. The van der Waals surface area contributed by atoms with Crippen LogP contribution in [0.2, 0.25) is 5.02 Å². The van der Waals surface area contributed by atoms with Crippen LogP contribution in [0, 0.1) is 5.95 Å². The Balaban J connectivity index is 2.17. The molecule has 2 aromatic carbocycles. The lowest BCUT2D eigenvalue weighted by Crippen LogP contribution is -2.05. The van der Waals surface area contributed by atoms with Crippen molar-refractivity contribution in [3.05, 3.63) is 75.9 Å². The first-order valence-corrected chi connectivity index (χ1v) is 6.36. The molecule has 5 heteroatoms. The number of hydrogen-bond acceptors (Lipinski definition) is 1. The summed E-state index contributed by atoms with van der Waals surface area (Å²) in [5.41, 5.74) is 0.573. The van der Waals surface area contributed by atoms with Gasteiger partial charge in [-0.15, -0.1) is 0 Å². The van der Waals surface area contributed by atoms with Crippen molar-refractivity contribution in [3.8, 4) is 16.8 Å². The van der Waals surface area contributed by atoms with Crippen molar-refractivity contribution in [2.24, 2.45) is 0 Å². The fourth-order valence-electron chi connectivity index (χ4n) is 2.03. The van der Waals surface area contributed by atoms with Gasteiger partial charge in [0.1, 0.15) is 5.56 Å². The lowest BCUT2D eigenvalue weighted by Gasteiger charge is -2.03. The third-order valence-electron chi connectivity index (χ3n) is 2.99. The van der Waals surface area contributed by atoms with E-state index in [0.29, 0.717) is 16.3 Å². The third kappa shape index (κ3) is 2.14. The predicted octanol–water partition coefficient (Wildman–Crippen LogP) is 3.63. The maximum atomic E-state index is 14.5. The summed E-state index contributed by atoms with van der Waals surface area (Å²) in [5, 5.41) is 3.03. The van der Waals surface area contributed by atoms with Crippen molar-refractivity contribution in [2.45, 2.75) is 0 Å². The molecule has 0 amide bonds. The molecular formula is C15H10ClFN2O. The number of nitrogens with one attached hydrogen (secondary N) is 1. The summed E-state index contributed by atoms with van der Waals surface area (Å²) in [5.74, 6) is -0.622. The summed E-state index contributed by atoms with van der Waals surface area (Å²) >= 11 is 5.79. The molecule has 3 nitrogen and oxygen atoms in total. The standard InChI is InChI=1S/C15H10ClFN2O/c16-11-8-6-10(7-9-11)13-14(17)19(18-15(13)20)12-4-2-1-3-5-12/h1-9H,(H,18,20). The van der Waals surface area contributed by atoms with Gasteiger partial charge in [-0.3, -0.25) is 9.89 Å². The minimum absolute atomic E-state index is 0.00511. The van der Waals surface area contributed by atoms with Gasteiger partial charge in [0, 0.05) is 5.02 Å². The lowest BCUT2D eigenvalue weighted by molar-refractivity contribution is 0.539. The second-order valence-electron chi connectivity index (χ2n) is 4.28. The molecule has 0 saturated carbocycles. The van der Waals surface area contributed by atoms with E-state index in [1.54, 1.807) is 48.5 Å². The van der Waals surface area contributed by atoms with Crippen LogP contribution < -0.4 is 5.56 Å². The molecule has 100 valence electrons. The topological polar surface area (TPSA) is 37.8 Å². The first-order valence-electron chi connectivity index (χ1n) is 5.98. The SMILES string of the molecule is O=c1[nH]n(-c2ccccc2)c(F)c1-c1ccc(Cl)cc1. The van der Waals surface area contributed by atoms with E-state index in [2.05, 4.69) is 5.10 Å². The highest BCUT2D eigenvalue weighted by molar-refractivity contribution is 6.30. The Morgan fingerprint density at radius 3 is 2.30 bits per heavy atom. The summed E-state index contributed by atoms with van der Waals surface area (Å²) in [6.07, 6.45) is 0. The number of halogens is 2. The Bertz CT molecular complexity index is 791. The number of H-pyrrole nitrogens is 1. The molecule has 0 aliphatic rings. The van der Waals surface area contributed by atoms with Gasteiger partial charge in [-0.05, 0) is 29.8 Å². The number of para-hydroxylation sites is 1. The Morgan fingerprint density at radius 2 is 1.65 bits per heavy atom. The largest absolute Gasteiger partial charge is 0.275 e. The van der Waals surface area contributed by atoms with Crippen LogP contribution in [0.1, 0.15) is 0 Å². The monoisotopic (exact) mass is 288 g/mol. The maximum absolute atomic E-state index is 14.5. The molecule has 3 aromatic rings. The zero-order valence-corrected chi connectivity index (χ0v) is 11.1. The predicted molar refractivity (Wildman–Crippen MR) is 76.8 cm³/mol. The molecule has 0 saturated heterocycles. The number of benzene rings is 2. The molecular weight excluding hydrogens is 279 g/mol. The van der Waals surface area contributed by atoms with Crippen LogP contribution in [-0.2, 0) is 0 Å². The van der Waals surface area contributed by atoms with Crippen molar-refractivity contribution < 1.29 is 4.39 Å². The van der Waals surface area contributed by atoms with Gasteiger partial charge in [-0.2, -0.15) is 4.39 Å². The number of nitrogens with zero attached hydrogens (tertiary/aromatic N) is 1. The highest BCUT2D eigenvalue weighted by Crippen LogP contribution is 2.22. The van der Waals surface area contributed by atoms with Gasteiger partial charge in [0.05, 0.1) is 5.69 Å². The molecule has 0 spiro atoms. The smallest absolute Gasteiger partial charge is 0.267 e. The maximum Gasteiger partial charge on any atom is 0.275 e. The van der Waals surface area contributed by atoms with Crippen LogP contribution in [0.15, 0.2) is 59.4 Å². The van der Waals surface area contributed by atoms with Crippen LogP contribution in [-0.4, -0.2) is 9.78 Å². The minimum atomic E-state index is -0.622. The molecule has 0 aliphatic heterocycles. The van der Waals surface area contributed by atoms with Gasteiger partial charge in [-0.25, -0.2) is 4.68 Å². The first-order chi connectivity index (χ1) is 9.66. The van der Waals surface area contributed by atoms with Crippen molar-refractivity contribution in [1.29, 1.82) is 0 Å². The molecule has 0 atom stereocenters. The zero-order valence-electron chi connectivity index (χ0n) is 10.3. The molecule has 0 bridgehead atoms. The fourth-order valence-corrected chi connectivity index (χ4v) is 2.16. The second kappa shape index (κ2) is 4.98. The van der Waals surface area contributed by atoms with E-state index in [4.69, 9.17) is 11.6 Å². The normalized spacial score (nSPS) is 10.7. The number of hydrogen-bond donors (Lipinski definition) is 1. The summed E-state index contributed by atoms with van der Waals surface area (Å²) in [6.45, 7) is 0. The summed E-state index contributed by atoms with van der Waals surface area (Å²) in [6, 6.07) is 15.3. The van der Waals surface area contributed by atoms with Crippen molar-refractivity contribution in [2.75, 3.05) is 0 Å². The average molecular weight is 289 g/mol. The van der Waals surface area contributed by atoms with Crippen molar-refractivity contribution >= 4 is 11.6 Å². The van der Waals surface area contributed by atoms with Crippen LogP contribution in [0.5, 0.6) is 0 Å². The lowest BCUT2D eigenvalue weighted by atomic mass is 10.1. The van der Waals surface area contributed by atoms with Crippen molar-refractivity contribution in [3.63, 3.8) is 0 Å². The summed E-state index contributed by atoms with van der Waals surface area (Å²) in [7, 11) is 0. The molecule has 0 radical (unpaired) electrons. The average Bonchev–Trinajstić information content (AvgIpc) is 2.76. The Morgan fingerprint density at radius 1 is 1.00 bits per heavy atom. The summed E-state index contributed by atoms with van der Waals surface area (Å²) in [4.78, 5) is 12.0. The second-order valence-corrected chi connectivity index (χ2v) is 4.72. The van der Waals surface area contributed by atoms with E-state index in [1.165, 1.54) is 0 Å². The van der Waals surface area contributed by atoms with Gasteiger partial charge >= 0.3 is 0 Å². The number of rotatable bonds is 2. The van der Waals surface area contributed by atoms with Crippen molar-refractivity contribution in [1.82, 2.24) is 9.78 Å². The zero-order chi connectivity index (χ0) is 14.1. The molecule has 1 heterocycles. The third-order valence-corrected chi connectivity index (χ3v) is 3.24. The quantitative estimate of drug-likeness (QED) is 0.768. The molecule has 0 aliphatic carbocycles. The Labute approximate surface area is 119 Å². The van der Waals surface area contributed by atoms with Gasteiger partial charge in [-0.1, -0.05) is 41.9 Å². The van der Waals surface area contributed by atoms with E-state index >= 15 is 0 Å². The van der Waals surface area contributed by atoms with Gasteiger partial charge in [0.15, 0.2) is 0 Å². The molecule has 20 heavy (non-hydrogen) atoms. The van der Waals surface area contributed by atoms with Gasteiger partial charge < -0.3 is 0 Å². The molecule has 0 fully saturated rings. The van der Waals surface area contributed by atoms with E-state index in [0.717, 1.165) is 4.68 Å². The number of aromatic amines is 1. The molecule has 3 rings (SSSR count). The Kier molecular flexibility index (Phi) is 3.16. The van der Waals surface area contributed by atoms with Crippen LogP contribution >= 0.6 is 11.6 Å². The van der Waals surface area contributed by atoms with E-state index in [-0.39, 0.29) is 5.56 Å². The van der Waals surface area contributed by atoms with Gasteiger partial charge in [0.2, 0.25) is 5.95 Å². The van der Waals surface area contributed by atoms with E-state index in [1.807, 2.05) is 6.07 Å². The Hall–Kier alpha value is -2.33. The molecule has 1 aromatic heterocycles. The minimum Gasteiger partial charge on any atom is -0.267 e. The highest BCUT2D eigenvalue weighted by Gasteiger charge is 2.17. The van der Waals surface area contributed by atoms with Gasteiger partial charge in [0.25, 0.3) is 5.56 Å². The number of aromatic nitrogens is 2. The van der Waals surface area contributed by atoms with E-state index < -0.39 is 11.5 Å². The molecule has 1 N–H and O–H groups in total. The van der Waals surface area contributed by atoms with E-state index in [9.17, 15) is 9.18 Å². The first kappa shape index (κ1) is 12.7. The van der Waals surface area contributed by atoms with Crippen LogP contribution in [0.3, 0.4) is 0 Å². The van der Waals surface area contributed by atoms with Crippen LogP contribution in [0.4, 0.5) is 4.39 Å². The van der Waals surface area contributed by atoms with Crippen LogP contribution in [0.25, 0.3) is 16.8 Å². The highest BCUT2D eigenvalue weighted by atomic mass is 35.5.